The molecule has 1 heterocycles. The van der Waals surface area contributed by atoms with Gasteiger partial charge in [-0.15, -0.1) is 11.8 Å². The monoisotopic (exact) mass is 410 g/mol. The van der Waals surface area contributed by atoms with Crippen LogP contribution in [0.15, 0.2) is 48.5 Å². The van der Waals surface area contributed by atoms with E-state index < -0.39 is 12.1 Å². The summed E-state index contributed by atoms with van der Waals surface area (Å²) < 4.78 is 5.33. The number of thioether (sulfide) groups is 1. The molecule has 1 atom stereocenters. The topological polar surface area (TPSA) is 58.6 Å². The number of halogens is 2. The molecule has 1 aliphatic heterocycles. The average molecular weight is 411 g/mol. The highest BCUT2D eigenvalue weighted by Gasteiger charge is 2.36. The number of nitrogens with zero attached hydrogens (tertiary/aromatic N) is 1. The van der Waals surface area contributed by atoms with Gasteiger partial charge in [0.2, 0.25) is 5.91 Å². The second-order valence-corrected chi connectivity index (χ2v) is 7.48. The van der Waals surface area contributed by atoms with Crippen LogP contribution in [0.2, 0.25) is 10.0 Å². The predicted octanol–water partition coefficient (Wildman–Crippen LogP) is 4.64. The van der Waals surface area contributed by atoms with Crippen molar-refractivity contribution in [3.8, 4) is 0 Å². The molecule has 0 spiro atoms. The zero-order chi connectivity index (χ0) is 18.5. The van der Waals surface area contributed by atoms with Crippen molar-refractivity contribution in [1.29, 1.82) is 0 Å². The molecule has 1 aliphatic rings. The van der Waals surface area contributed by atoms with Gasteiger partial charge in [-0.3, -0.25) is 9.69 Å². The Kier molecular flexibility index (Phi) is 6.29. The van der Waals surface area contributed by atoms with Crippen molar-refractivity contribution in [1.82, 2.24) is 4.90 Å². The second-order valence-electron chi connectivity index (χ2n) is 5.64. The number of nitrogens with one attached hydrogen (secondary N) is 1. The summed E-state index contributed by atoms with van der Waals surface area (Å²) in [4.78, 5) is 26.4. The van der Waals surface area contributed by atoms with Crippen LogP contribution in [0.5, 0.6) is 0 Å². The lowest BCUT2D eigenvalue weighted by Crippen LogP contribution is -2.44. The van der Waals surface area contributed by atoms with Crippen molar-refractivity contribution in [3.05, 3.63) is 64.1 Å². The van der Waals surface area contributed by atoms with Gasteiger partial charge < -0.3 is 10.1 Å². The lowest BCUT2D eigenvalue weighted by molar-refractivity contribution is -0.119. The molecule has 1 fully saturated rings. The van der Waals surface area contributed by atoms with E-state index in [1.54, 1.807) is 18.2 Å². The molecule has 2 amide bonds. The third kappa shape index (κ3) is 4.63. The maximum atomic E-state index is 12.6. The van der Waals surface area contributed by atoms with Gasteiger partial charge in [0.15, 0.2) is 0 Å². The van der Waals surface area contributed by atoms with Crippen LogP contribution in [0.25, 0.3) is 0 Å². The van der Waals surface area contributed by atoms with E-state index >= 15 is 0 Å². The van der Waals surface area contributed by atoms with Crippen molar-refractivity contribution in [2.45, 2.75) is 12.6 Å². The highest BCUT2D eigenvalue weighted by Crippen LogP contribution is 2.28. The molecular weight excluding hydrogens is 395 g/mol. The first-order valence-corrected chi connectivity index (χ1v) is 9.76. The molecule has 136 valence electrons. The van der Waals surface area contributed by atoms with Gasteiger partial charge in [0, 0.05) is 10.8 Å². The molecule has 0 unspecified atom stereocenters. The first-order valence-electron chi connectivity index (χ1n) is 7.85. The summed E-state index contributed by atoms with van der Waals surface area (Å²) in [5, 5.41) is 3.58. The number of carbonyl (C=O) groups excluding carboxylic acids is 2. The number of anilines is 1. The number of carbonyl (C=O) groups is 2. The minimum atomic E-state index is -0.627. The number of ether oxygens (including phenoxy) is 1. The Balaban J connectivity index is 1.62. The van der Waals surface area contributed by atoms with E-state index in [4.69, 9.17) is 27.9 Å². The smallest absolute Gasteiger partial charge is 0.411 e. The average Bonchev–Trinajstić information content (AvgIpc) is 3.13. The van der Waals surface area contributed by atoms with Crippen molar-refractivity contribution in [2.75, 3.05) is 16.9 Å². The van der Waals surface area contributed by atoms with E-state index in [0.29, 0.717) is 27.4 Å². The lowest BCUT2D eigenvalue weighted by atomic mass is 10.2. The van der Waals surface area contributed by atoms with Gasteiger partial charge in [-0.1, -0.05) is 53.5 Å². The van der Waals surface area contributed by atoms with E-state index in [1.807, 2.05) is 30.3 Å². The summed E-state index contributed by atoms with van der Waals surface area (Å²) >= 11 is 13.5. The summed E-state index contributed by atoms with van der Waals surface area (Å²) in [7, 11) is 0. The fraction of sp³-hybridized carbons (Fsp3) is 0.222. The van der Waals surface area contributed by atoms with Crippen LogP contribution >= 0.6 is 35.0 Å². The standard InChI is InChI=1S/C18H16Cl2N2O3S/c19-13-6-7-14(20)15(8-13)21-17(23)16-10-26-11-22(16)18(24)25-9-12-4-2-1-3-5-12/h1-8,16H,9-11H2,(H,21,23)/t16-/m1/s1. The molecule has 8 heteroatoms. The quantitative estimate of drug-likeness (QED) is 0.796. The third-order valence-corrected chi connectivity index (χ3v) is 5.39. The largest absolute Gasteiger partial charge is 0.445 e. The zero-order valence-corrected chi connectivity index (χ0v) is 16.0. The van der Waals surface area contributed by atoms with Gasteiger partial charge in [-0.05, 0) is 23.8 Å². The van der Waals surface area contributed by atoms with Crippen LogP contribution in [-0.2, 0) is 16.1 Å². The van der Waals surface area contributed by atoms with Gasteiger partial charge >= 0.3 is 6.09 Å². The Hall–Kier alpha value is -1.89. The van der Waals surface area contributed by atoms with E-state index in [2.05, 4.69) is 5.32 Å². The summed E-state index contributed by atoms with van der Waals surface area (Å²) in [5.41, 5.74) is 1.30. The third-order valence-electron chi connectivity index (χ3n) is 3.81. The van der Waals surface area contributed by atoms with Crippen LogP contribution in [0.3, 0.4) is 0 Å². The van der Waals surface area contributed by atoms with Gasteiger partial charge in [-0.2, -0.15) is 0 Å². The van der Waals surface area contributed by atoms with Crippen LogP contribution in [0.1, 0.15) is 5.56 Å². The molecular formula is C18H16Cl2N2O3S. The molecule has 5 nitrogen and oxygen atoms in total. The Morgan fingerprint density at radius 2 is 1.96 bits per heavy atom. The Labute approximate surface area is 165 Å². The summed E-state index contributed by atoms with van der Waals surface area (Å²) in [5.74, 6) is 0.565. The molecule has 1 N–H and O–H groups in total. The first-order chi connectivity index (χ1) is 12.5. The zero-order valence-electron chi connectivity index (χ0n) is 13.7. The number of hydrogen-bond donors (Lipinski definition) is 1. The minimum Gasteiger partial charge on any atom is -0.445 e. The van der Waals surface area contributed by atoms with Crippen LogP contribution in [0.4, 0.5) is 10.5 Å². The van der Waals surface area contributed by atoms with Crippen LogP contribution < -0.4 is 5.32 Å². The highest BCUT2D eigenvalue weighted by atomic mass is 35.5. The molecule has 26 heavy (non-hydrogen) atoms. The van der Waals surface area contributed by atoms with E-state index in [1.165, 1.54) is 16.7 Å². The highest BCUT2D eigenvalue weighted by molar-refractivity contribution is 7.99. The van der Waals surface area contributed by atoms with Crippen molar-refractivity contribution in [3.63, 3.8) is 0 Å². The lowest BCUT2D eigenvalue weighted by Gasteiger charge is -2.22. The summed E-state index contributed by atoms with van der Waals surface area (Å²) in [6, 6.07) is 13.6. The number of amides is 2. The van der Waals surface area contributed by atoms with E-state index in [0.717, 1.165) is 5.56 Å². The fourth-order valence-electron chi connectivity index (χ4n) is 2.45. The molecule has 0 aromatic heterocycles. The predicted molar refractivity (Wildman–Crippen MR) is 105 cm³/mol. The molecule has 2 aromatic carbocycles. The molecule has 0 saturated carbocycles. The maximum absolute atomic E-state index is 12.6. The SMILES string of the molecule is O=C(Nc1cc(Cl)ccc1Cl)[C@H]1CSCN1C(=O)OCc1ccccc1. The second kappa shape index (κ2) is 8.66. The molecule has 1 saturated heterocycles. The molecule has 0 bridgehead atoms. The van der Waals surface area contributed by atoms with Crippen molar-refractivity contribution in [2.24, 2.45) is 0 Å². The van der Waals surface area contributed by atoms with Crippen LogP contribution in [0, 0.1) is 0 Å². The fourth-order valence-corrected chi connectivity index (χ4v) is 3.93. The molecule has 2 aromatic rings. The molecule has 3 rings (SSSR count). The Morgan fingerprint density at radius 3 is 2.73 bits per heavy atom. The van der Waals surface area contributed by atoms with Gasteiger partial charge in [0.05, 0.1) is 16.6 Å². The number of rotatable bonds is 4. The van der Waals surface area contributed by atoms with E-state index in [9.17, 15) is 9.59 Å². The number of benzene rings is 2. The van der Waals surface area contributed by atoms with Gasteiger partial charge in [-0.25, -0.2) is 4.79 Å². The number of hydrogen-bond acceptors (Lipinski definition) is 4. The Bertz CT molecular complexity index is 804. The molecule has 0 aliphatic carbocycles. The van der Waals surface area contributed by atoms with Crippen molar-refractivity contribution >= 4 is 52.7 Å². The van der Waals surface area contributed by atoms with Crippen molar-refractivity contribution < 1.29 is 14.3 Å². The van der Waals surface area contributed by atoms with Gasteiger partial charge in [0.1, 0.15) is 12.6 Å². The summed E-state index contributed by atoms with van der Waals surface area (Å²) in [6.07, 6.45) is -0.517. The van der Waals surface area contributed by atoms with Crippen LogP contribution in [-0.4, -0.2) is 34.6 Å². The molecule has 0 radical (unpaired) electrons. The first kappa shape index (κ1) is 18.9. The van der Waals surface area contributed by atoms with Gasteiger partial charge in [0.25, 0.3) is 0 Å². The summed E-state index contributed by atoms with van der Waals surface area (Å²) in [6.45, 7) is 0.162. The van der Waals surface area contributed by atoms with E-state index in [-0.39, 0.29) is 12.5 Å². The maximum Gasteiger partial charge on any atom is 0.411 e. The minimum absolute atomic E-state index is 0.162. The normalized spacial score (nSPS) is 16.4. The Morgan fingerprint density at radius 1 is 1.19 bits per heavy atom.